The second kappa shape index (κ2) is 9.93. The van der Waals surface area contributed by atoms with Crippen molar-refractivity contribution in [3.05, 3.63) is 138 Å². The molecule has 6 aromatic rings. The first kappa shape index (κ1) is 23.5. The Kier molecular flexibility index (Phi) is 5.83. The number of fused-ring (bicyclic) bond motifs is 3. The molecule has 0 spiro atoms. The van der Waals surface area contributed by atoms with Crippen LogP contribution in [0.3, 0.4) is 0 Å². The monoisotopic (exact) mass is 516 g/mol. The molecular formula is C34H24N6. The van der Waals surface area contributed by atoms with E-state index in [2.05, 4.69) is 22.0 Å². The molecule has 0 atom stereocenters. The molecule has 0 amide bonds. The molecule has 1 aliphatic rings. The lowest BCUT2D eigenvalue weighted by Gasteiger charge is -2.11. The summed E-state index contributed by atoms with van der Waals surface area (Å²) in [7, 11) is 0. The van der Waals surface area contributed by atoms with Crippen molar-refractivity contribution in [1.82, 2.24) is 19.5 Å². The van der Waals surface area contributed by atoms with Crippen LogP contribution in [0.5, 0.6) is 0 Å². The van der Waals surface area contributed by atoms with Crippen LogP contribution < -0.4 is 15.9 Å². The minimum Gasteiger partial charge on any atom is -0.361 e. The lowest BCUT2D eigenvalue weighted by atomic mass is 10.0. The van der Waals surface area contributed by atoms with Gasteiger partial charge in [0.15, 0.2) is 11.6 Å². The maximum atomic E-state index is 8.78. The first-order valence-corrected chi connectivity index (χ1v) is 13.1. The quantitative estimate of drug-likeness (QED) is 0.306. The topological polar surface area (TPSA) is 79.5 Å². The Morgan fingerprint density at radius 2 is 1.20 bits per heavy atom. The SMILES string of the molecule is N=C1C=c2c(n(-c3nc(-c4ccccc4)nc(-c4ccccc4)n3)c3ccccc23)=C/C1=C/Nc1ccccc1. The van der Waals surface area contributed by atoms with Gasteiger partial charge in [-0.1, -0.05) is 97.1 Å². The summed E-state index contributed by atoms with van der Waals surface area (Å²) in [5, 5.41) is 15.0. The first-order valence-electron chi connectivity index (χ1n) is 13.1. The molecule has 0 saturated heterocycles. The second-order valence-electron chi connectivity index (χ2n) is 9.48. The number of allylic oxidation sites excluding steroid dienone is 1. The Morgan fingerprint density at radius 3 is 1.85 bits per heavy atom. The molecule has 0 bridgehead atoms. The average molecular weight is 517 g/mol. The highest BCUT2D eigenvalue weighted by Crippen LogP contribution is 2.23. The number of anilines is 1. The maximum Gasteiger partial charge on any atom is 0.238 e. The van der Waals surface area contributed by atoms with Crippen molar-refractivity contribution in [2.24, 2.45) is 0 Å². The Morgan fingerprint density at radius 1 is 0.625 bits per heavy atom. The summed E-state index contributed by atoms with van der Waals surface area (Å²) in [5.74, 6) is 1.73. The van der Waals surface area contributed by atoms with Gasteiger partial charge in [0.1, 0.15) is 0 Å². The van der Waals surface area contributed by atoms with E-state index in [1.807, 2.05) is 121 Å². The smallest absolute Gasteiger partial charge is 0.238 e. The van der Waals surface area contributed by atoms with E-state index in [9.17, 15) is 0 Å². The third-order valence-corrected chi connectivity index (χ3v) is 6.90. The van der Waals surface area contributed by atoms with Crippen LogP contribution in [-0.4, -0.2) is 25.2 Å². The highest BCUT2D eigenvalue weighted by atomic mass is 15.2. The Labute approximate surface area is 230 Å². The summed E-state index contributed by atoms with van der Waals surface area (Å²) in [6.07, 6.45) is 5.82. The zero-order valence-electron chi connectivity index (χ0n) is 21.5. The van der Waals surface area contributed by atoms with Gasteiger partial charge >= 0.3 is 0 Å². The molecule has 190 valence electrons. The zero-order valence-corrected chi connectivity index (χ0v) is 21.5. The van der Waals surface area contributed by atoms with Gasteiger partial charge in [-0.15, -0.1) is 0 Å². The van der Waals surface area contributed by atoms with Crippen LogP contribution in [0.25, 0.3) is 51.8 Å². The van der Waals surface area contributed by atoms with E-state index in [0.29, 0.717) is 23.3 Å². The average Bonchev–Trinajstić information content (AvgIpc) is 3.34. The zero-order chi connectivity index (χ0) is 26.9. The van der Waals surface area contributed by atoms with Crippen molar-refractivity contribution in [3.63, 3.8) is 0 Å². The van der Waals surface area contributed by atoms with E-state index >= 15 is 0 Å². The summed E-state index contributed by atoms with van der Waals surface area (Å²) in [6, 6.07) is 38.1. The molecule has 6 nitrogen and oxygen atoms in total. The van der Waals surface area contributed by atoms with E-state index < -0.39 is 0 Å². The van der Waals surface area contributed by atoms with Crippen LogP contribution in [0.1, 0.15) is 0 Å². The molecule has 0 radical (unpaired) electrons. The van der Waals surface area contributed by atoms with Gasteiger partial charge < -0.3 is 10.7 Å². The Balaban J connectivity index is 1.48. The summed E-state index contributed by atoms with van der Waals surface area (Å²) in [6.45, 7) is 0. The molecule has 0 saturated carbocycles. The van der Waals surface area contributed by atoms with Gasteiger partial charge in [0, 0.05) is 39.2 Å². The Hall–Kier alpha value is -5.62. The van der Waals surface area contributed by atoms with E-state index in [-0.39, 0.29) is 0 Å². The molecule has 1 aliphatic carbocycles. The Bertz CT molecular complexity index is 1970. The minimum atomic E-state index is 0.435. The molecule has 7 rings (SSSR count). The summed E-state index contributed by atoms with van der Waals surface area (Å²) in [5.41, 5.74) is 4.96. The normalized spacial score (nSPS) is 13.5. The van der Waals surface area contributed by atoms with Crippen molar-refractivity contribution < 1.29 is 0 Å². The van der Waals surface area contributed by atoms with Gasteiger partial charge in [0.05, 0.1) is 16.6 Å². The van der Waals surface area contributed by atoms with Crippen molar-refractivity contribution in [3.8, 4) is 28.7 Å². The molecule has 6 heteroatoms. The molecule has 0 unspecified atom stereocenters. The second-order valence-corrected chi connectivity index (χ2v) is 9.48. The van der Waals surface area contributed by atoms with Gasteiger partial charge in [-0.3, -0.25) is 4.57 Å². The lowest BCUT2D eigenvalue weighted by molar-refractivity contribution is 0.910. The third-order valence-electron chi connectivity index (χ3n) is 6.90. The van der Waals surface area contributed by atoms with Gasteiger partial charge in [-0.05, 0) is 30.4 Å². The molecular weight excluding hydrogens is 492 g/mol. The van der Waals surface area contributed by atoms with Crippen LogP contribution in [0.2, 0.25) is 0 Å². The van der Waals surface area contributed by atoms with Gasteiger partial charge in [0.25, 0.3) is 0 Å². The predicted octanol–water partition coefficient (Wildman–Crippen LogP) is 5.74. The molecule has 2 N–H and O–H groups in total. The van der Waals surface area contributed by atoms with Gasteiger partial charge in [0.2, 0.25) is 5.95 Å². The van der Waals surface area contributed by atoms with Crippen molar-refractivity contribution in [2.45, 2.75) is 0 Å². The molecule has 2 heterocycles. The predicted molar refractivity (Wildman–Crippen MR) is 162 cm³/mol. The van der Waals surface area contributed by atoms with Crippen LogP contribution in [-0.2, 0) is 0 Å². The summed E-state index contributed by atoms with van der Waals surface area (Å²) < 4.78 is 2.07. The van der Waals surface area contributed by atoms with E-state index in [4.69, 9.17) is 20.4 Å². The standard InChI is InChI=1S/C34H24N6/c35-29-21-28-27-18-10-11-19-30(27)40(31(28)20-25(29)22-36-26-16-8-3-9-17-26)34-38-32(23-12-4-1-5-13-23)37-33(39-34)24-14-6-2-7-15-24/h1-22,35-36H/b25-22-,35-29?. The molecule has 0 aliphatic heterocycles. The number of aromatic nitrogens is 4. The van der Waals surface area contributed by atoms with E-state index in [1.165, 1.54) is 0 Å². The van der Waals surface area contributed by atoms with Crippen LogP contribution in [0.15, 0.2) is 127 Å². The minimum absolute atomic E-state index is 0.435. The highest BCUT2D eigenvalue weighted by Gasteiger charge is 2.19. The number of nitrogens with zero attached hydrogens (tertiary/aromatic N) is 4. The van der Waals surface area contributed by atoms with Crippen molar-refractivity contribution in [1.29, 1.82) is 5.41 Å². The molecule has 4 aromatic carbocycles. The molecule has 2 aromatic heterocycles. The first-order chi connectivity index (χ1) is 19.7. The number of para-hydroxylation sites is 2. The third kappa shape index (κ3) is 4.27. The number of hydrogen-bond acceptors (Lipinski definition) is 5. The molecule has 0 fully saturated rings. The van der Waals surface area contributed by atoms with Gasteiger partial charge in [-0.2, -0.15) is 9.97 Å². The fourth-order valence-electron chi connectivity index (χ4n) is 4.96. The number of rotatable bonds is 5. The van der Waals surface area contributed by atoms with Crippen LogP contribution in [0.4, 0.5) is 5.69 Å². The van der Waals surface area contributed by atoms with Crippen LogP contribution >= 0.6 is 0 Å². The fraction of sp³-hybridized carbons (Fsp3) is 0. The highest BCUT2D eigenvalue weighted by molar-refractivity contribution is 6.25. The lowest BCUT2D eigenvalue weighted by Crippen LogP contribution is -2.34. The van der Waals surface area contributed by atoms with E-state index in [0.717, 1.165) is 43.9 Å². The van der Waals surface area contributed by atoms with Crippen molar-refractivity contribution in [2.75, 3.05) is 5.32 Å². The largest absolute Gasteiger partial charge is 0.361 e. The summed E-state index contributed by atoms with van der Waals surface area (Å²) in [4.78, 5) is 14.8. The molecule has 40 heavy (non-hydrogen) atoms. The number of hydrogen-bond donors (Lipinski definition) is 2. The number of nitrogens with one attached hydrogen (secondary N) is 2. The fourth-order valence-corrected chi connectivity index (χ4v) is 4.96. The summed E-state index contributed by atoms with van der Waals surface area (Å²) >= 11 is 0. The van der Waals surface area contributed by atoms with E-state index in [1.54, 1.807) is 0 Å². The number of benzene rings is 4. The van der Waals surface area contributed by atoms with Gasteiger partial charge in [-0.25, -0.2) is 4.98 Å². The van der Waals surface area contributed by atoms with Crippen molar-refractivity contribution >= 4 is 34.5 Å². The maximum absolute atomic E-state index is 8.78. The van der Waals surface area contributed by atoms with Crippen LogP contribution in [0, 0.1) is 5.41 Å².